The van der Waals surface area contributed by atoms with Gasteiger partial charge in [-0.05, 0) is 67.4 Å². The van der Waals surface area contributed by atoms with Crippen molar-refractivity contribution in [2.24, 2.45) is 0 Å². The molecule has 2 N–H and O–H groups in total. The molecule has 0 aliphatic carbocycles. The van der Waals surface area contributed by atoms with E-state index < -0.39 is 11.9 Å². The van der Waals surface area contributed by atoms with Gasteiger partial charge in [-0.25, -0.2) is 9.07 Å². The molecule has 2 aromatic heterocycles. The van der Waals surface area contributed by atoms with E-state index in [4.69, 9.17) is 34.8 Å². The van der Waals surface area contributed by atoms with Gasteiger partial charge in [-0.3, -0.25) is 4.98 Å². The minimum Gasteiger partial charge on any atom is -0.371 e. The molecule has 0 saturated carbocycles. The number of piperidine rings is 1. The van der Waals surface area contributed by atoms with Crippen LogP contribution in [0.25, 0.3) is 10.9 Å². The van der Waals surface area contributed by atoms with Crippen molar-refractivity contribution in [3.8, 4) is 6.07 Å². The number of hydrogen-bond acceptors (Lipinski definition) is 7. The van der Waals surface area contributed by atoms with Crippen molar-refractivity contribution in [2.45, 2.75) is 31.8 Å². The molecule has 6 rings (SSSR count). The van der Waals surface area contributed by atoms with Crippen LogP contribution in [-0.2, 0) is 0 Å². The summed E-state index contributed by atoms with van der Waals surface area (Å²) in [6, 6.07) is 17.4. The van der Waals surface area contributed by atoms with Crippen molar-refractivity contribution < 1.29 is 4.39 Å². The van der Waals surface area contributed by atoms with Gasteiger partial charge in [0.1, 0.15) is 17.6 Å². The Morgan fingerprint density at radius 2 is 1.82 bits per heavy atom. The van der Waals surface area contributed by atoms with Crippen LogP contribution in [0.5, 0.6) is 0 Å². The van der Waals surface area contributed by atoms with E-state index >= 15 is 0 Å². The first-order valence-corrected chi connectivity index (χ1v) is 15.4. The number of halogens is 4. The summed E-state index contributed by atoms with van der Waals surface area (Å²) < 4.78 is 15.8. The van der Waals surface area contributed by atoms with Crippen molar-refractivity contribution >= 4 is 62.8 Å². The zero-order valence-electron chi connectivity index (χ0n) is 23.7. The van der Waals surface area contributed by atoms with Crippen LogP contribution in [0.1, 0.15) is 48.7 Å². The summed E-state index contributed by atoms with van der Waals surface area (Å²) in [6.07, 6.45) is 5.51. The van der Waals surface area contributed by atoms with Gasteiger partial charge in [-0.1, -0.05) is 59.1 Å². The number of likely N-dealkylation sites (tertiary alicyclic amines) is 1. The Morgan fingerprint density at radius 3 is 2.52 bits per heavy atom. The lowest BCUT2D eigenvalue weighted by molar-refractivity contribution is 0.186. The molecule has 44 heavy (non-hydrogen) atoms. The van der Waals surface area contributed by atoms with Gasteiger partial charge in [-0.2, -0.15) is 5.26 Å². The molecule has 1 fully saturated rings. The molecular weight excluding hydrogens is 622 g/mol. The highest BCUT2D eigenvalue weighted by Crippen LogP contribution is 2.38. The zero-order valence-corrected chi connectivity index (χ0v) is 26.0. The zero-order chi connectivity index (χ0) is 30.8. The Bertz CT molecular complexity index is 1850. The Labute approximate surface area is 269 Å². The fourth-order valence-corrected chi connectivity index (χ4v) is 6.08. The molecule has 5 aromatic rings. The fourth-order valence-electron chi connectivity index (χ4n) is 5.56. The third-order valence-corrected chi connectivity index (χ3v) is 8.71. The molecule has 0 amide bonds. The van der Waals surface area contributed by atoms with Crippen LogP contribution >= 0.6 is 34.8 Å². The monoisotopic (exact) mass is 648 g/mol. The highest BCUT2D eigenvalue weighted by atomic mass is 35.5. The summed E-state index contributed by atoms with van der Waals surface area (Å²) in [5.74, 6) is -0.538. The number of nitrogens with zero attached hydrogens (tertiary/aromatic N) is 6. The average Bonchev–Trinajstić information content (AvgIpc) is 3.52. The standard InChI is InChI=1S/C32H28Cl3FN8/c1-2-43-11-9-24(10-12-43)44-18-29(41-42-44)31(19-3-5-21(33)6-4-19)40-28-14-22(34)13-25-30(20(16-37)17-38-32(25)28)39-23-7-8-27(36)26(35)15-23/h3-8,13-15,17-18,24,31,40H,2,9-12H2,1H3,(H,38,39)/t31-/m1/s1. The van der Waals surface area contributed by atoms with Crippen molar-refractivity contribution in [1.82, 2.24) is 24.9 Å². The summed E-state index contributed by atoms with van der Waals surface area (Å²) in [5.41, 5.74) is 4.12. The van der Waals surface area contributed by atoms with Crippen LogP contribution < -0.4 is 10.6 Å². The van der Waals surface area contributed by atoms with Crippen LogP contribution in [0, 0.1) is 17.1 Å². The van der Waals surface area contributed by atoms with E-state index in [0.29, 0.717) is 38.0 Å². The van der Waals surface area contributed by atoms with E-state index in [1.807, 2.05) is 35.1 Å². The number of nitriles is 1. The first kappa shape index (κ1) is 30.1. The minimum atomic E-state index is -0.538. The maximum Gasteiger partial charge on any atom is 0.141 e. The van der Waals surface area contributed by atoms with E-state index in [2.05, 4.69) is 43.8 Å². The molecule has 0 spiro atoms. The fraction of sp³-hybridized carbons (Fsp3) is 0.250. The molecule has 224 valence electrons. The molecule has 8 nitrogen and oxygen atoms in total. The van der Waals surface area contributed by atoms with Crippen molar-refractivity contribution in [3.05, 3.63) is 105 Å². The lowest BCUT2D eigenvalue weighted by Crippen LogP contribution is -2.34. The van der Waals surface area contributed by atoms with Gasteiger partial charge >= 0.3 is 0 Å². The minimum absolute atomic E-state index is 0.0398. The topological polar surface area (TPSA) is 94.7 Å². The molecule has 1 aliphatic rings. The van der Waals surface area contributed by atoms with E-state index in [1.54, 1.807) is 18.2 Å². The summed E-state index contributed by atoms with van der Waals surface area (Å²) in [7, 11) is 0. The number of aromatic nitrogens is 4. The molecule has 12 heteroatoms. The highest BCUT2D eigenvalue weighted by molar-refractivity contribution is 6.32. The van der Waals surface area contributed by atoms with E-state index in [9.17, 15) is 9.65 Å². The molecule has 3 heterocycles. The van der Waals surface area contributed by atoms with Gasteiger partial charge in [-0.15, -0.1) is 5.10 Å². The van der Waals surface area contributed by atoms with E-state index in [1.165, 1.54) is 18.3 Å². The predicted molar refractivity (Wildman–Crippen MR) is 173 cm³/mol. The van der Waals surface area contributed by atoms with Gasteiger partial charge in [0.25, 0.3) is 0 Å². The number of pyridine rings is 1. The van der Waals surface area contributed by atoms with Gasteiger partial charge in [0.05, 0.1) is 45.8 Å². The Morgan fingerprint density at radius 1 is 1.05 bits per heavy atom. The lowest BCUT2D eigenvalue weighted by Gasteiger charge is -2.30. The number of anilines is 3. The van der Waals surface area contributed by atoms with Crippen molar-refractivity contribution in [1.29, 1.82) is 5.26 Å². The van der Waals surface area contributed by atoms with Crippen LogP contribution in [0.4, 0.5) is 21.5 Å². The van der Waals surface area contributed by atoms with E-state index in [-0.39, 0.29) is 16.6 Å². The smallest absolute Gasteiger partial charge is 0.141 e. The SMILES string of the molecule is CCN1CCC(n2cc([C@H](Nc3cc(Cl)cc4c(Nc5ccc(F)c(Cl)c5)c(C#N)cnc34)c3ccc(Cl)cc3)nn2)CC1. The second-order valence-corrected chi connectivity index (χ2v) is 12.0. The highest BCUT2D eigenvalue weighted by Gasteiger charge is 2.25. The van der Waals surface area contributed by atoms with Crippen molar-refractivity contribution in [2.75, 3.05) is 30.3 Å². The van der Waals surface area contributed by atoms with Crippen LogP contribution in [0.2, 0.25) is 15.1 Å². The molecule has 0 radical (unpaired) electrons. The van der Waals surface area contributed by atoms with Crippen LogP contribution in [-0.4, -0.2) is 44.5 Å². The number of hydrogen-bond donors (Lipinski definition) is 2. The molecule has 3 aromatic carbocycles. The molecule has 1 atom stereocenters. The van der Waals surface area contributed by atoms with E-state index in [0.717, 1.165) is 43.7 Å². The van der Waals surface area contributed by atoms with Gasteiger partial charge in [0, 0.05) is 40.4 Å². The third kappa shape index (κ3) is 6.30. The quantitative estimate of drug-likeness (QED) is 0.174. The van der Waals surface area contributed by atoms with Gasteiger partial charge in [0.15, 0.2) is 0 Å². The normalized spacial score (nSPS) is 14.8. The molecule has 0 unspecified atom stereocenters. The number of fused-ring (bicyclic) bond motifs is 1. The van der Waals surface area contributed by atoms with Crippen molar-refractivity contribution in [3.63, 3.8) is 0 Å². The molecule has 0 bridgehead atoms. The number of benzene rings is 3. The Balaban J connectivity index is 1.40. The maximum atomic E-state index is 13.8. The Hall–Kier alpha value is -3.94. The summed E-state index contributed by atoms with van der Waals surface area (Å²) in [5, 5.41) is 27.4. The molecule has 1 saturated heterocycles. The predicted octanol–water partition coefficient (Wildman–Crippen LogP) is 8.40. The summed E-state index contributed by atoms with van der Waals surface area (Å²) >= 11 is 18.9. The van der Waals surface area contributed by atoms with Gasteiger partial charge < -0.3 is 15.5 Å². The number of nitrogens with one attached hydrogen (secondary N) is 2. The molecular formula is C32H28Cl3FN8. The first-order valence-electron chi connectivity index (χ1n) is 14.2. The average molecular weight is 650 g/mol. The molecule has 1 aliphatic heterocycles. The lowest BCUT2D eigenvalue weighted by atomic mass is 10.0. The van der Waals surface area contributed by atoms with Crippen LogP contribution in [0.3, 0.4) is 0 Å². The third-order valence-electron chi connectivity index (χ3n) is 7.95. The maximum absolute atomic E-state index is 13.8. The second kappa shape index (κ2) is 13.0. The largest absolute Gasteiger partial charge is 0.371 e. The van der Waals surface area contributed by atoms with Gasteiger partial charge in [0.2, 0.25) is 0 Å². The van der Waals surface area contributed by atoms with Crippen LogP contribution in [0.15, 0.2) is 67.0 Å². The second-order valence-electron chi connectivity index (χ2n) is 10.7. The summed E-state index contributed by atoms with van der Waals surface area (Å²) in [6.45, 7) is 5.29. The number of rotatable bonds is 8. The summed E-state index contributed by atoms with van der Waals surface area (Å²) in [4.78, 5) is 7.08. The first-order chi connectivity index (χ1) is 21.3. The Kier molecular flexibility index (Phi) is 8.87.